The Morgan fingerprint density at radius 2 is 2.17 bits per heavy atom. The molecule has 0 bridgehead atoms. The Labute approximate surface area is 134 Å². The Balaban J connectivity index is 1.61. The number of ether oxygens (including phenoxy) is 1. The molecule has 1 aliphatic rings. The number of nitrogens with zero attached hydrogens (tertiary/aromatic N) is 4. The Bertz CT molecular complexity index is 652. The van der Waals surface area contributed by atoms with E-state index in [4.69, 9.17) is 9.26 Å². The monoisotopic (exact) mass is 316 g/mol. The number of carbonyl (C=O) groups excluding carboxylic acids is 1. The van der Waals surface area contributed by atoms with Gasteiger partial charge in [0, 0.05) is 24.5 Å². The Hall–Kier alpha value is -2.44. The third kappa shape index (κ3) is 3.67. The molecule has 0 saturated carbocycles. The van der Waals surface area contributed by atoms with Crippen LogP contribution in [0.1, 0.15) is 29.9 Å². The summed E-state index contributed by atoms with van der Waals surface area (Å²) in [5, 5.41) is 3.90. The van der Waals surface area contributed by atoms with Gasteiger partial charge in [0.1, 0.15) is 11.9 Å². The summed E-state index contributed by atoms with van der Waals surface area (Å²) in [6.45, 7) is 4.99. The molecule has 0 spiro atoms. The maximum Gasteiger partial charge on any atom is 0.316 e. The van der Waals surface area contributed by atoms with E-state index in [1.807, 2.05) is 18.7 Å². The van der Waals surface area contributed by atoms with E-state index in [1.165, 1.54) is 0 Å². The van der Waals surface area contributed by atoms with Crippen molar-refractivity contribution in [2.45, 2.75) is 39.2 Å². The molecule has 23 heavy (non-hydrogen) atoms. The van der Waals surface area contributed by atoms with E-state index in [0.717, 1.165) is 30.6 Å². The number of carbonyl (C=O) groups is 1. The van der Waals surface area contributed by atoms with E-state index in [9.17, 15) is 4.79 Å². The van der Waals surface area contributed by atoms with Crippen LogP contribution in [0.5, 0.6) is 6.01 Å². The van der Waals surface area contributed by atoms with E-state index in [2.05, 4.69) is 15.1 Å². The van der Waals surface area contributed by atoms with Crippen molar-refractivity contribution in [2.24, 2.45) is 0 Å². The molecular formula is C16H20N4O3. The lowest BCUT2D eigenvalue weighted by molar-refractivity contribution is -0.133. The molecule has 1 aliphatic heterocycles. The van der Waals surface area contributed by atoms with Crippen molar-refractivity contribution in [3.63, 3.8) is 0 Å². The number of rotatable bonds is 4. The first-order chi connectivity index (χ1) is 11.1. The number of likely N-dealkylation sites (tertiary alicyclic amines) is 1. The summed E-state index contributed by atoms with van der Waals surface area (Å²) in [6.07, 6.45) is 5.34. The van der Waals surface area contributed by atoms with E-state index in [1.54, 1.807) is 18.5 Å². The van der Waals surface area contributed by atoms with E-state index >= 15 is 0 Å². The van der Waals surface area contributed by atoms with Gasteiger partial charge in [-0.05, 0) is 32.8 Å². The molecular weight excluding hydrogens is 296 g/mol. The molecule has 3 heterocycles. The van der Waals surface area contributed by atoms with Gasteiger partial charge in [-0.15, -0.1) is 0 Å². The van der Waals surface area contributed by atoms with Crippen molar-refractivity contribution >= 4 is 5.91 Å². The highest BCUT2D eigenvalue weighted by atomic mass is 16.5. The zero-order valence-corrected chi connectivity index (χ0v) is 13.4. The average Bonchev–Trinajstić information content (AvgIpc) is 2.88. The zero-order valence-electron chi connectivity index (χ0n) is 13.4. The van der Waals surface area contributed by atoms with E-state index in [-0.39, 0.29) is 12.0 Å². The second-order valence-electron chi connectivity index (χ2n) is 5.73. The summed E-state index contributed by atoms with van der Waals surface area (Å²) in [4.78, 5) is 22.5. The van der Waals surface area contributed by atoms with Crippen molar-refractivity contribution < 1.29 is 14.1 Å². The molecule has 0 N–H and O–H groups in total. The zero-order chi connectivity index (χ0) is 16.2. The lowest BCUT2D eigenvalue weighted by Crippen LogP contribution is -2.45. The second kappa shape index (κ2) is 6.76. The van der Waals surface area contributed by atoms with E-state index in [0.29, 0.717) is 24.7 Å². The first kappa shape index (κ1) is 15.5. The molecule has 1 saturated heterocycles. The molecule has 0 aromatic carbocycles. The van der Waals surface area contributed by atoms with Crippen LogP contribution in [0.25, 0.3) is 0 Å². The van der Waals surface area contributed by atoms with Gasteiger partial charge >= 0.3 is 6.01 Å². The largest absolute Gasteiger partial charge is 0.458 e. The third-order valence-corrected chi connectivity index (χ3v) is 4.05. The predicted molar refractivity (Wildman–Crippen MR) is 81.9 cm³/mol. The molecule has 1 atom stereocenters. The van der Waals surface area contributed by atoms with Crippen LogP contribution in [0.2, 0.25) is 0 Å². The smallest absolute Gasteiger partial charge is 0.316 e. The van der Waals surface area contributed by atoms with Crippen LogP contribution in [0, 0.1) is 13.8 Å². The Morgan fingerprint density at radius 3 is 2.87 bits per heavy atom. The molecule has 122 valence electrons. The average molecular weight is 316 g/mol. The molecule has 3 rings (SSSR count). The number of amides is 1. The molecule has 1 fully saturated rings. The van der Waals surface area contributed by atoms with Crippen LogP contribution in [0.15, 0.2) is 23.0 Å². The fraction of sp³-hybridized carbons (Fsp3) is 0.500. The normalized spacial score (nSPS) is 18.0. The van der Waals surface area contributed by atoms with Crippen molar-refractivity contribution in [1.82, 2.24) is 20.0 Å². The van der Waals surface area contributed by atoms with Gasteiger partial charge < -0.3 is 14.2 Å². The maximum atomic E-state index is 12.5. The first-order valence-corrected chi connectivity index (χ1v) is 7.76. The van der Waals surface area contributed by atoms with Crippen LogP contribution in [-0.4, -0.2) is 45.1 Å². The summed E-state index contributed by atoms with van der Waals surface area (Å²) in [6, 6.07) is 2.10. The lowest BCUT2D eigenvalue weighted by Gasteiger charge is -2.32. The van der Waals surface area contributed by atoms with Gasteiger partial charge in [-0.25, -0.2) is 9.97 Å². The van der Waals surface area contributed by atoms with Gasteiger partial charge in [0.05, 0.1) is 18.7 Å². The van der Waals surface area contributed by atoms with Crippen LogP contribution in [0.4, 0.5) is 0 Å². The fourth-order valence-corrected chi connectivity index (χ4v) is 2.77. The van der Waals surface area contributed by atoms with Gasteiger partial charge in [-0.2, -0.15) is 0 Å². The van der Waals surface area contributed by atoms with Gasteiger partial charge in [0.25, 0.3) is 0 Å². The van der Waals surface area contributed by atoms with Gasteiger partial charge in [0.15, 0.2) is 0 Å². The summed E-state index contributed by atoms with van der Waals surface area (Å²) >= 11 is 0. The molecule has 0 radical (unpaired) electrons. The Morgan fingerprint density at radius 1 is 1.39 bits per heavy atom. The summed E-state index contributed by atoms with van der Waals surface area (Å²) in [5.74, 6) is 0.778. The minimum absolute atomic E-state index is 0.0697. The number of piperidine rings is 1. The molecule has 1 unspecified atom stereocenters. The quantitative estimate of drug-likeness (QED) is 0.854. The molecule has 1 amide bonds. The highest BCUT2D eigenvalue weighted by Crippen LogP contribution is 2.18. The van der Waals surface area contributed by atoms with Crippen LogP contribution in [-0.2, 0) is 11.2 Å². The van der Waals surface area contributed by atoms with Gasteiger partial charge in [-0.3, -0.25) is 4.79 Å². The summed E-state index contributed by atoms with van der Waals surface area (Å²) in [7, 11) is 0. The maximum absolute atomic E-state index is 12.5. The van der Waals surface area contributed by atoms with Gasteiger partial charge in [-0.1, -0.05) is 5.16 Å². The lowest BCUT2D eigenvalue weighted by atomic mass is 10.1. The highest BCUT2D eigenvalue weighted by Gasteiger charge is 2.26. The SMILES string of the molecule is Cc1noc(C)c1CC(=O)N1CCCC(Oc2ncccn2)C1. The van der Waals surface area contributed by atoms with Crippen molar-refractivity contribution in [2.75, 3.05) is 13.1 Å². The molecule has 7 heteroatoms. The topological polar surface area (TPSA) is 81.4 Å². The summed E-state index contributed by atoms with van der Waals surface area (Å²) < 4.78 is 10.9. The van der Waals surface area contributed by atoms with Crippen LogP contribution in [0.3, 0.4) is 0 Å². The minimum Gasteiger partial charge on any atom is -0.458 e. The number of hydrogen-bond donors (Lipinski definition) is 0. The Kier molecular flexibility index (Phi) is 4.55. The van der Waals surface area contributed by atoms with Crippen LogP contribution < -0.4 is 4.74 Å². The number of aromatic nitrogens is 3. The first-order valence-electron chi connectivity index (χ1n) is 7.76. The standard InChI is InChI=1S/C16H20N4O3/c1-11-14(12(2)23-19-11)9-15(21)20-8-3-5-13(10-20)22-16-17-6-4-7-18-16/h4,6-7,13H,3,5,8-10H2,1-2H3. The molecule has 7 nitrogen and oxygen atoms in total. The van der Waals surface area contributed by atoms with Gasteiger partial charge in [0.2, 0.25) is 5.91 Å². The second-order valence-corrected chi connectivity index (χ2v) is 5.73. The third-order valence-electron chi connectivity index (χ3n) is 4.05. The molecule has 2 aromatic rings. The predicted octanol–water partition coefficient (Wildman–Crippen LogP) is 1.69. The highest BCUT2D eigenvalue weighted by molar-refractivity contribution is 5.79. The fourth-order valence-electron chi connectivity index (χ4n) is 2.77. The van der Waals surface area contributed by atoms with E-state index < -0.39 is 0 Å². The molecule has 0 aliphatic carbocycles. The van der Waals surface area contributed by atoms with Crippen LogP contribution >= 0.6 is 0 Å². The molecule has 2 aromatic heterocycles. The number of aryl methyl sites for hydroxylation is 2. The summed E-state index contributed by atoms with van der Waals surface area (Å²) in [5.41, 5.74) is 1.66. The van der Waals surface area contributed by atoms with Crippen molar-refractivity contribution in [1.29, 1.82) is 0 Å². The van der Waals surface area contributed by atoms with Crippen molar-refractivity contribution in [3.05, 3.63) is 35.5 Å². The number of hydrogen-bond acceptors (Lipinski definition) is 6. The van der Waals surface area contributed by atoms with Crippen molar-refractivity contribution in [3.8, 4) is 6.01 Å². The minimum atomic E-state index is -0.0697.